The number of benzene rings is 3. The zero-order valence-electron chi connectivity index (χ0n) is 17.1. The van der Waals surface area contributed by atoms with E-state index in [0.717, 1.165) is 16.3 Å². The minimum atomic E-state index is -0.974. The second kappa shape index (κ2) is 9.84. The number of nitrogens with two attached hydrogens (primary N) is 1. The lowest BCUT2D eigenvalue weighted by atomic mass is 10.00. The smallest absolute Gasteiger partial charge is 0.243 e. The highest BCUT2D eigenvalue weighted by Crippen LogP contribution is 2.17. The van der Waals surface area contributed by atoms with Gasteiger partial charge < -0.3 is 16.4 Å². The molecule has 0 unspecified atom stereocenters. The standard InChI is InChI=1S/C24H24FN3O3/c1-15(29)27-22(14-16-5-4-8-20(25)12-16)24(31)28-21(23(26)30)13-17-9-10-18-6-2-3-7-19(18)11-17/h2-12,21-22H,13-14H2,1H3,(H2,26,30)(H,27,29)(H,28,31)/t21-,22-/m1/s1. The van der Waals surface area contributed by atoms with Crippen LogP contribution in [0.15, 0.2) is 66.7 Å². The maximum absolute atomic E-state index is 13.5. The highest BCUT2D eigenvalue weighted by atomic mass is 19.1. The molecule has 3 aromatic carbocycles. The Bertz CT molecular complexity index is 1120. The van der Waals surface area contributed by atoms with Crippen molar-refractivity contribution in [2.75, 3.05) is 0 Å². The molecule has 0 aromatic heterocycles. The van der Waals surface area contributed by atoms with Crippen molar-refractivity contribution >= 4 is 28.5 Å². The van der Waals surface area contributed by atoms with Crippen LogP contribution in [0.1, 0.15) is 18.1 Å². The molecule has 0 aliphatic heterocycles. The molecule has 0 heterocycles. The Morgan fingerprint density at radius 3 is 2.19 bits per heavy atom. The monoisotopic (exact) mass is 421 g/mol. The van der Waals surface area contributed by atoms with Crippen LogP contribution in [0.2, 0.25) is 0 Å². The van der Waals surface area contributed by atoms with Crippen LogP contribution in [-0.2, 0) is 27.2 Å². The van der Waals surface area contributed by atoms with E-state index >= 15 is 0 Å². The molecule has 7 heteroatoms. The van der Waals surface area contributed by atoms with Crippen LogP contribution in [0.5, 0.6) is 0 Å². The molecule has 0 spiro atoms. The first-order chi connectivity index (χ1) is 14.8. The molecule has 6 nitrogen and oxygen atoms in total. The van der Waals surface area contributed by atoms with Crippen molar-refractivity contribution in [1.29, 1.82) is 0 Å². The maximum atomic E-state index is 13.5. The third-order valence-corrected chi connectivity index (χ3v) is 4.94. The number of fused-ring (bicyclic) bond motifs is 1. The average Bonchev–Trinajstić information content (AvgIpc) is 2.72. The van der Waals surface area contributed by atoms with Crippen LogP contribution < -0.4 is 16.4 Å². The summed E-state index contributed by atoms with van der Waals surface area (Å²) in [5.74, 6) is -2.11. The van der Waals surface area contributed by atoms with E-state index in [1.165, 1.54) is 25.1 Å². The van der Waals surface area contributed by atoms with Crippen molar-refractivity contribution in [2.24, 2.45) is 5.73 Å². The molecule has 2 atom stereocenters. The number of rotatable bonds is 8. The van der Waals surface area contributed by atoms with Gasteiger partial charge in [-0.1, -0.05) is 54.6 Å². The summed E-state index contributed by atoms with van der Waals surface area (Å²) in [6, 6.07) is 17.4. The minimum Gasteiger partial charge on any atom is -0.368 e. The first-order valence-corrected chi connectivity index (χ1v) is 9.91. The number of primary amides is 1. The lowest BCUT2D eigenvalue weighted by Gasteiger charge is -2.22. The van der Waals surface area contributed by atoms with Crippen LogP contribution in [0.25, 0.3) is 10.8 Å². The first kappa shape index (κ1) is 22.0. The van der Waals surface area contributed by atoms with Crippen molar-refractivity contribution in [3.05, 3.63) is 83.7 Å². The Kier molecular flexibility index (Phi) is 6.97. The highest BCUT2D eigenvalue weighted by Gasteiger charge is 2.25. The summed E-state index contributed by atoms with van der Waals surface area (Å²) in [7, 11) is 0. The molecule has 3 rings (SSSR count). The zero-order chi connectivity index (χ0) is 22.4. The number of hydrogen-bond donors (Lipinski definition) is 3. The van der Waals surface area contributed by atoms with Crippen LogP contribution in [0.3, 0.4) is 0 Å². The number of hydrogen-bond acceptors (Lipinski definition) is 3. The molecule has 0 saturated heterocycles. The maximum Gasteiger partial charge on any atom is 0.243 e. The van der Waals surface area contributed by atoms with Crippen molar-refractivity contribution in [3.63, 3.8) is 0 Å². The quantitative estimate of drug-likeness (QED) is 0.520. The molecule has 4 N–H and O–H groups in total. The van der Waals surface area contributed by atoms with E-state index < -0.39 is 35.6 Å². The van der Waals surface area contributed by atoms with Crippen LogP contribution >= 0.6 is 0 Å². The summed E-state index contributed by atoms with van der Waals surface area (Å²) in [5, 5.41) is 7.26. The number of carbonyl (C=O) groups excluding carboxylic acids is 3. The summed E-state index contributed by atoms with van der Waals surface area (Å²) in [5.41, 5.74) is 6.91. The fourth-order valence-electron chi connectivity index (χ4n) is 3.45. The van der Waals surface area contributed by atoms with E-state index in [1.807, 2.05) is 42.5 Å². The number of nitrogens with one attached hydrogen (secondary N) is 2. The molecule has 0 fully saturated rings. The SMILES string of the molecule is CC(=O)N[C@H](Cc1cccc(F)c1)C(=O)N[C@H](Cc1ccc2ccccc2c1)C(N)=O. The second-order valence-electron chi connectivity index (χ2n) is 7.44. The Hall–Kier alpha value is -3.74. The fourth-order valence-corrected chi connectivity index (χ4v) is 3.45. The van der Waals surface area contributed by atoms with Crippen molar-refractivity contribution in [2.45, 2.75) is 31.8 Å². The number of carbonyl (C=O) groups is 3. The summed E-state index contributed by atoms with van der Waals surface area (Å²) < 4.78 is 13.5. The molecule has 0 radical (unpaired) electrons. The first-order valence-electron chi connectivity index (χ1n) is 9.91. The van der Waals surface area contributed by atoms with Gasteiger partial charge in [0, 0.05) is 19.8 Å². The topological polar surface area (TPSA) is 101 Å². The van der Waals surface area contributed by atoms with Gasteiger partial charge in [-0.2, -0.15) is 0 Å². The average molecular weight is 421 g/mol. The van der Waals surface area contributed by atoms with Gasteiger partial charge in [0.1, 0.15) is 17.9 Å². The third-order valence-electron chi connectivity index (χ3n) is 4.94. The summed E-state index contributed by atoms with van der Waals surface area (Å²) in [4.78, 5) is 36.5. The number of halogens is 1. The molecule has 0 bridgehead atoms. The predicted octanol–water partition coefficient (Wildman–Crippen LogP) is 2.24. The predicted molar refractivity (Wildman–Crippen MR) is 116 cm³/mol. The van der Waals surface area contributed by atoms with E-state index in [-0.39, 0.29) is 12.8 Å². The van der Waals surface area contributed by atoms with E-state index in [1.54, 1.807) is 6.07 Å². The molecule has 0 aliphatic rings. The summed E-state index contributed by atoms with van der Waals surface area (Å²) in [6.07, 6.45) is 0.281. The lowest BCUT2D eigenvalue weighted by Crippen LogP contribution is -2.54. The second-order valence-corrected chi connectivity index (χ2v) is 7.44. The van der Waals surface area contributed by atoms with E-state index in [9.17, 15) is 18.8 Å². The van der Waals surface area contributed by atoms with Gasteiger partial charge in [0.2, 0.25) is 17.7 Å². The van der Waals surface area contributed by atoms with Gasteiger partial charge >= 0.3 is 0 Å². The van der Waals surface area contributed by atoms with Gasteiger partial charge in [0.15, 0.2) is 0 Å². The Morgan fingerprint density at radius 2 is 1.52 bits per heavy atom. The largest absolute Gasteiger partial charge is 0.368 e. The van der Waals surface area contributed by atoms with Gasteiger partial charge in [0.25, 0.3) is 0 Å². The molecule has 3 amide bonds. The minimum absolute atomic E-state index is 0.0740. The van der Waals surface area contributed by atoms with E-state index in [0.29, 0.717) is 5.56 Å². The van der Waals surface area contributed by atoms with Crippen molar-refractivity contribution in [1.82, 2.24) is 10.6 Å². The molecule has 0 aliphatic carbocycles. The van der Waals surface area contributed by atoms with Crippen LogP contribution in [-0.4, -0.2) is 29.8 Å². The van der Waals surface area contributed by atoms with Crippen molar-refractivity contribution in [3.8, 4) is 0 Å². The Morgan fingerprint density at radius 1 is 0.839 bits per heavy atom. The van der Waals surface area contributed by atoms with Gasteiger partial charge in [-0.25, -0.2) is 4.39 Å². The molecule has 31 heavy (non-hydrogen) atoms. The molecule has 3 aromatic rings. The molecular weight excluding hydrogens is 397 g/mol. The summed E-state index contributed by atoms with van der Waals surface area (Å²) >= 11 is 0. The van der Waals surface area contributed by atoms with Gasteiger partial charge in [-0.3, -0.25) is 14.4 Å². The van der Waals surface area contributed by atoms with Crippen molar-refractivity contribution < 1.29 is 18.8 Å². The molecule has 0 saturated carbocycles. The van der Waals surface area contributed by atoms with Gasteiger partial charge in [0.05, 0.1) is 0 Å². The molecule has 160 valence electrons. The normalized spacial score (nSPS) is 12.7. The summed E-state index contributed by atoms with van der Waals surface area (Å²) in [6.45, 7) is 1.28. The van der Waals surface area contributed by atoms with E-state index in [4.69, 9.17) is 5.73 Å². The highest BCUT2D eigenvalue weighted by molar-refractivity contribution is 5.91. The van der Waals surface area contributed by atoms with Crippen LogP contribution in [0.4, 0.5) is 4.39 Å². The number of amides is 3. The fraction of sp³-hybridized carbons (Fsp3) is 0.208. The Balaban J connectivity index is 1.75. The third kappa shape index (κ3) is 6.12. The molecular formula is C24H24FN3O3. The van der Waals surface area contributed by atoms with E-state index in [2.05, 4.69) is 10.6 Å². The Labute approximate surface area is 179 Å². The van der Waals surface area contributed by atoms with Gasteiger partial charge in [-0.05, 0) is 34.0 Å². The van der Waals surface area contributed by atoms with Crippen LogP contribution in [0, 0.1) is 5.82 Å². The lowest BCUT2D eigenvalue weighted by molar-refractivity contribution is -0.130. The van der Waals surface area contributed by atoms with Gasteiger partial charge in [-0.15, -0.1) is 0 Å². The zero-order valence-corrected chi connectivity index (χ0v) is 17.1.